The third-order valence-electron chi connectivity index (χ3n) is 4.16. The number of amides is 1. The van der Waals surface area contributed by atoms with Gasteiger partial charge in [0.15, 0.2) is 6.61 Å². The summed E-state index contributed by atoms with van der Waals surface area (Å²) in [6.07, 6.45) is 0.379. The van der Waals surface area contributed by atoms with E-state index in [1.165, 1.54) is 0 Å². The molecule has 1 aromatic carbocycles. The minimum Gasteiger partial charge on any atom is -0.483 e. The monoisotopic (exact) mass is 320 g/mol. The van der Waals surface area contributed by atoms with Crippen molar-refractivity contribution in [1.82, 2.24) is 10.2 Å². The van der Waals surface area contributed by atoms with Crippen LogP contribution in [0.3, 0.4) is 0 Å². The fraction of sp³-hybridized carbons (Fsp3) is 0.611. The maximum absolute atomic E-state index is 12.3. The molecule has 5 heteroatoms. The van der Waals surface area contributed by atoms with E-state index in [1.54, 1.807) is 11.9 Å². The Bertz CT molecular complexity index is 539. The standard InChI is InChI=1S/C18H28N2O3/c1-18(2,3)15-7-5-6-8-16(15)23-12-17(22)20(4)11-13-9-14(21)10-19-13/h5-8,13-14,19,21H,9-12H2,1-4H3/t13-,14+/m0/s1. The number of rotatable bonds is 5. The van der Waals surface area contributed by atoms with Crippen LogP contribution < -0.4 is 10.1 Å². The smallest absolute Gasteiger partial charge is 0.260 e. The second-order valence-electron chi connectivity index (χ2n) is 7.30. The van der Waals surface area contributed by atoms with Crippen LogP contribution >= 0.6 is 0 Å². The van der Waals surface area contributed by atoms with Crippen molar-refractivity contribution in [2.45, 2.75) is 44.8 Å². The zero-order valence-electron chi connectivity index (χ0n) is 14.5. The minimum absolute atomic E-state index is 0.0267. The van der Waals surface area contributed by atoms with Crippen LogP contribution in [0.1, 0.15) is 32.8 Å². The van der Waals surface area contributed by atoms with Crippen molar-refractivity contribution in [3.8, 4) is 5.75 Å². The Morgan fingerprint density at radius 3 is 2.70 bits per heavy atom. The van der Waals surface area contributed by atoms with Crippen LogP contribution in [0.2, 0.25) is 0 Å². The minimum atomic E-state index is -0.307. The Balaban J connectivity index is 1.89. The number of nitrogens with one attached hydrogen (secondary N) is 1. The molecule has 2 atom stereocenters. The number of hydrogen-bond donors (Lipinski definition) is 2. The van der Waals surface area contributed by atoms with Crippen LogP contribution in [-0.4, -0.2) is 54.8 Å². The molecule has 0 saturated carbocycles. The number of β-amino-alcohol motifs (C(OH)–C–C–N with tert-alkyl or cyclic N) is 1. The van der Waals surface area contributed by atoms with Crippen molar-refractivity contribution in [2.75, 3.05) is 26.7 Å². The highest BCUT2D eigenvalue weighted by molar-refractivity contribution is 5.77. The molecule has 23 heavy (non-hydrogen) atoms. The predicted octanol–water partition coefficient (Wildman–Crippen LogP) is 1.54. The van der Waals surface area contributed by atoms with Gasteiger partial charge in [0.05, 0.1) is 6.10 Å². The van der Waals surface area contributed by atoms with Gasteiger partial charge in [0.25, 0.3) is 5.91 Å². The van der Waals surface area contributed by atoms with Gasteiger partial charge in [-0.1, -0.05) is 39.0 Å². The molecule has 0 unspecified atom stereocenters. The molecule has 0 bridgehead atoms. The molecule has 1 heterocycles. The van der Waals surface area contributed by atoms with E-state index in [9.17, 15) is 9.90 Å². The molecule has 1 amide bonds. The van der Waals surface area contributed by atoms with E-state index in [0.29, 0.717) is 19.5 Å². The van der Waals surface area contributed by atoms with E-state index in [0.717, 1.165) is 11.3 Å². The normalized spacial score (nSPS) is 21.3. The Morgan fingerprint density at radius 2 is 2.09 bits per heavy atom. The van der Waals surface area contributed by atoms with E-state index in [1.807, 2.05) is 24.3 Å². The summed E-state index contributed by atoms with van der Waals surface area (Å²) >= 11 is 0. The number of likely N-dealkylation sites (N-methyl/N-ethyl adjacent to an activating group) is 1. The zero-order valence-corrected chi connectivity index (χ0v) is 14.5. The third-order valence-corrected chi connectivity index (χ3v) is 4.16. The summed E-state index contributed by atoms with van der Waals surface area (Å²) in [6.45, 7) is 7.59. The number of aliphatic hydroxyl groups is 1. The summed E-state index contributed by atoms with van der Waals surface area (Å²) in [5.41, 5.74) is 1.06. The highest BCUT2D eigenvalue weighted by Gasteiger charge is 2.25. The molecule has 5 nitrogen and oxygen atoms in total. The maximum Gasteiger partial charge on any atom is 0.260 e. The van der Waals surface area contributed by atoms with Gasteiger partial charge in [0.2, 0.25) is 0 Å². The molecular weight excluding hydrogens is 292 g/mol. The molecule has 1 aromatic rings. The molecule has 0 aromatic heterocycles. The Labute approximate surface area is 138 Å². The van der Waals surface area contributed by atoms with Crippen LogP contribution in [0.15, 0.2) is 24.3 Å². The average molecular weight is 320 g/mol. The summed E-state index contributed by atoms with van der Waals surface area (Å²) < 4.78 is 5.77. The lowest BCUT2D eigenvalue weighted by Crippen LogP contribution is -2.40. The molecule has 1 aliphatic rings. The number of nitrogens with zero attached hydrogens (tertiary/aromatic N) is 1. The number of carbonyl (C=O) groups excluding carboxylic acids is 1. The molecular formula is C18H28N2O3. The van der Waals surface area contributed by atoms with Crippen molar-refractivity contribution >= 4 is 5.91 Å². The third kappa shape index (κ3) is 4.94. The molecule has 0 spiro atoms. The number of aliphatic hydroxyl groups excluding tert-OH is 1. The first kappa shape index (κ1) is 17.8. The summed E-state index contributed by atoms with van der Waals surface area (Å²) in [4.78, 5) is 13.9. The molecule has 2 rings (SSSR count). The lowest BCUT2D eigenvalue weighted by Gasteiger charge is -2.24. The second-order valence-corrected chi connectivity index (χ2v) is 7.30. The van der Waals surface area contributed by atoms with Gasteiger partial charge in [0, 0.05) is 26.2 Å². The number of hydrogen-bond acceptors (Lipinski definition) is 4. The Morgan fingerprint density at radius 1 is 1.39 bits per heavy atom. The van der Waals surface area contributed by atoms with Crippen molar-refractivity contribution < 1.29 is 14.6 Å². The quantitative estimate of drug-likeness (QED) is 0.864. The molecule has 1 aliphatic heterocycles. The van der Waals surface area contributed by atoms with Crippen LogP contribution in [0, 0.1) is 0 Å². The van der Waals surface area contributed by atoms with Crippen LogP contribution in [0.5, 0.6) is 5.75 Å². The molecule has 0 aliphatic carbocycles. The van der Waals surface area contributed by atoms with Crippen molar-refractivity contribution in [3.63, 3.8) is 0 Å². The first-order valence-electron chi connectivity index (χ1n) is 8.15. The van der Waals surface area contributed by atoms with Crippen molar-refractivity contribution in [1.29, 1.82) is 0 Å². The summed E-state index contributed by atoms with van der Waals surface area (Å²) in [5, 5.41) is 12.7. The van der Waals surface area contributed by atoms with Gasteiger partial charge in [-0.15, -0.1) is 0 Å². The highest BCUT2D eigenvalue weighted by Crippen LogP contribution is 2.30. The Kier molecular flexibility index (Phi) is 5.65. The summed E-state index contributed by atoms with van der Waals surface area (Å²) in [5.74, 6) is 0.702. The Hall–Kier alpha value is -1.59. The van der Waals surface area contributed by atoms with Gasteiger partial charge >= 0.3 is 0 Å². The van der Waals surface area contributed by atoms with E-state index in [2.05, 4.69) is 26.1 Å². The number of para-hydroxylation sites is 1. The van der Waals surface area contributed by atoms with E-state index in [4.69, 9.17) is 4.74 Å². The van der Waals surface area contributed by atoms with Gasteiger partial charge in [-0.2, -0.15) is 0 Å². The van der Waals surface area contributed by atoms with Crippen LogP contribution in [0.4, 0.5) is 0 Å². The second kappa shape index (κ2) is 7.32. The maximum atomic E-state index is 12.3. The fourth-order valence-corrected chi connectivity index (χ4v) is 2.83. The van der Waals surface area contributed by atoms with Gasteiger partial charge in [-0.25, -0.2) is 0 Å². The molecule has 2 N–H and O–H groups in total. The molecule has 128 valence electrons. The molecule has 1 saturated heterocycles. The van der Waals surface area contributed by atoms with Gasteiger partial charge < -0.3 is 20.1 Å². The van der Waals surface area contributed by atoms with E-state index < -0.39 is 0 Å². The summed E-state index contributed by atoms with van der Waals surface area (Å²) in [6, 6.07) is 8.00. The van der Waals surface area contributed by atoms with Crippen molar-refractivity contribution in [3.05, 3.63) is 29.8 Å². The first-order chi connectivity index (χ1) is 10.8. The fourth-order valence-electron chi connectivity index (χ4n) is 2.83. The largest absolute Gasteiger partial charge is 0.483 e. The van der Waals surface area contributed by atoms with Crippen molar-refractivity contribution in [2.24, 2.45) is 0 Å². The highest BCUT2D eigenvalue weighted by atomic mass is 16.5. The first-order valence-corrected chi connectivity index (χ1v) is 8.15. The van der Waals surface area contributed by atoms with E-state index in [-0.39, 0.29) is 30.1 Å². The number of ether oxygens (including phenoxy) is 1. The van der Waals surface area contributed by atoms with Gasteiger partial charge in [-0.05, 0) is 23.5 Å². The zero-order chi connectivity index (χ0) is 17.0. The number of carbonyl (C=O) groups is 1. The summed E-state index contributed by atoms with van der Waals surface area (Å²) in [7, 11) is 1.77. The molecule has 0 radical (unpaired) electrons. The number of benzene rings is 1. The van der Waals surface area contributed by atoms with Gasteiger partial charge in [0.1, 0.15) is 5.75 Å². The topological polar surface area (TPSA) is 61.8 Å². The average Bonchev–Trinajstić information content (AvgIpc) is 2.89. The van der Waals surface area contributed by atoms with Crippen LogP contribution in [-0.2, 0) is 10.2 Å². The SMILES string of the molecule is CN(C[C@@H]1C[C@@H](O)CN1)C(=O)COc1ccccc1C(C)(C)C. The van der Waals surface area contributed by atoms with Crippen LogP contribution in [0.25, 0.3) is 0 Å². The van der Waals surface area contributed by atoms with E-state index >= 15 is 0 Å². The lowest BCUT2D eigenvalue weighted by molar-refractivity contribution is -0.132. The van der Waals surface area contributed by atoms with Gasteiger partial charge in [-0.3, -0.25) is 4.79 Å². The predicted molar refractivity (Wildman–Crippen MR) is 90.7 cm³/mol. The molecule has 1 fully saturated rings. The lowest BCUT2D eigenvalue weighted by atomic mass is 9.86.